The Hall–Kier alpha value is -1.15. The Morgan fingerprint density at radius 1 is 1.53 bits per heavy atom. The van der Waals surface area contributed by atoms with Gasteiger partial charge >= 0.3 is 0 Å². The number of carbonyl (C=O) groups is 1. The smallest absolute Gasteiger partial charge is 0.136 e. The van der Waals surface area contributed by atoms with E-state index < -0.39 is 0 Å². The highest BCUT2D eigenvalue weighted by molar-refractivity contribution is 5.81. The number of ketones is 1. The number of carbonyl (C=O) groups excluding carboxylic acids is 1. The highest BCUT2D eigenvalue weighted by Gasteiger charge is 2.26. The minimum absolute atomic E-state index is 0.00233. The maximum Gasteiger partial charge on any atom is 0.136 e. The molecule has 2 heteroatoms. The van der Waals surface area contributed by atoms with E-state index in [9.17, 15) is 9.90 Å². The van der Waals surface area contributed by atoms with E-state index in [0.29, 0.717) is 12.2 Å². The lowest BCUT2D eigenvalue weighted by molar-refractivity contribution is -0.123. The average molecular weight is 262 g/mol. The van der Waals surface area contributed by atoms with Gasteiger partial charge in [0.1, 0.15) is 5.78 Å². The predicted molar refractivity (Wildman–Crippen MR) is 79.9 cm³/mol. The van der Waals surface area contributed by atoms with Crippen LogP contribution >= 0.6 is 0 Å². The fourth-order valence-electron chi connectivity index (χ4n) is 2.72. The zero-order chi connectivity index (χ0) is 14.3. The van der Waals surface area contributed by atoms with Crippen LogP contribution in [0, 0.1) is 11.8 Å². The molecule has 1 N–H and O–H groups in total. The minimum Gasteiger partial charge on any atom is -0.392 e. The molecule has 1 rings (SSSR count). The molecule has 0 aromatic rings. The second kappa shape index (κ2) is 8.11. The molecule has 0 aromatic carbocycles. The van der Waals surface area contributed by atoms with Gasteiger partial charge < -0.3 is 5.11 Å². The van der Waals surface area contributed by atoms with Gasteiger partial charge in [0.05, 0.1) is 6.61 Å². The van der Waals surface area contributed by atoms with Crippen molar-refractivity contribution in [3.05, 3.63) is 36.0 Å². The molecule has 0 spiro atoms. The summed E-state index contributed by atoms with van der Waals surface area (Å²) in [6, 6.07) is 0. The van der Waals surface area contributed by atoms with E-state index in [-0.39, 0.29) is 18.4 Å². The molecule has 0 bridgehead atoms. The van der Waals surface area contributed by atoms with Crippen LogP contribution in [0.2, 0.25) is 0 Å². The van der Waals surface area contributed by atoms with E-state index in [2.05, 4.69) is 19.6 Å². The third-order valence-corrected chi connectivity index (χ3v) is 4.05. The largest absolute Gasteiger partial charge is 0.392 e. The fourth-order valence-corrected chi connectivity index (χ4v) is 2.72. The number of hydrogen-bond donors (Lipinski definition) is 1. The molecular formula is C17H26O2. The molecule has 0 aromatic heterocycles. The van der Waals surface area contributed by atoms with Crippen molar-refractivity contribution < 1.29 is 9.90 Å². The first-order valence-electron chi connectivity index (χ1n) is 7.19. The van der Waals surface area contributed by atoms with Gasteiger partial charge in [-0.25, -0.2) is 0 Å². The highest BCUT2D eigenvalue weighted by Crippen LogP contribution is 2.30. The van der Waals surface area contributed by atoms with Gasteiger partial charge in [0, 0.05) is 12.3 Å². The Bertz CT molecular complexity index is 377. The number of hydrogen-bond acceptors (Lipinski definition) is 2. The molecule has 0 heterocycles. The molecule has 1 aliphatic carbocycles. The number of aliphatic hydroxyl groups is 1. The molecule has 0 amide bonds. The third-order valence-electron chi connectivity index (χ3n) is 4.05. The molecule has 2 atom stereocenters. The van der Waals surface area contributed by atoms with Gasteiger partial charge in [0.15, 0.2) is 0 Å². The summed E-state index contributed by atoms with van der Waals surface area (Å²) < 4.78 is 0. The van der Waals surface area contributed by atoms with Crippen LogP contribution in [0.5, 0.6) is 0 Å². The van der Waals surface area contributed by atoms with Gasteiger partial charge in [-0.05, 0) is 44.1 Å². The van der Waals surface area contributed by atoms with Gasteiger partial charge in [-0.2, -0.15) is 0 Å². The summed E-state index contributed by atoms with van der Waals surface area (Å²) in [6.07, 6.45) is 10.2. The van der Waals surface area contributed by atoms with Gasteiger partial charge in [-0.15, -0.1) is 6.58 Å². The predicted octanol–water partition coefficient (Wildman–Crippen LogP) is 3.82. The van der Waals surface area contributed by atoms with Crippen molar-refractivity contribution in [3.8, 4) is 0 Å². The SMILES string of the molecule is C=CC/C=C(/CO)[C@H]1CC/C(C)=C/CCC(=O)C1C. The first-order chi connectivity index (χ1) is 9.10. The lowest BCUT2D eigenvalue weighted by atomic mass is 9.80. The quantitative estimate of drug-likeness (QED) is 0.782. The first-order valence-corrected chi connectivity index (χ1v) is 7.19. The van der Waals surface area contributed by atoms with Crippen LogP contribution in [0.1, 0.15) is 46.0 Å². The van der Waals surface area contributed by atoms with Gasteiger partial charge in [0.25, 0.3) is 0 Å². The third kappa shape index (κ3) is 4.79. The van der Waals surface area contributed by atoms with Crippen LogP contribution in [-0.4, -0.2) is 17.5 Å². The molecular weight excluding hydrogens is 236 g/mol. The topological polar surface area (TPSA) is 37.3 Å². The molecule has 0 saturated heterocycles. The van der Waals surface area contributed by atoms with E-state index >= 15 is 0 Å². The van der Waals surface area contributed by atoms with Crippen LogP contribution in [-0.2, 0) is 4.79 Å². The van der Waals surface area contributed by atoms with Gasteiger partial charge in [-0.1, -0.05) is 30.7 Å². The molecule has 0 saturated carbocycles. The summed E-state index contributed by atoms with van der Waals surface area (Å²) in [5, 5.41) is 9.58. The molecule has 1 unspecified atom stereocenters. The summed E-state index contributed by atoms with van der Waals surface area (Å²) in [6.45, 7) is 7.88. The van der Waals surface area contributed by atoms with Crippen LogP contribution in [0.4, 0.5) is 0 Å². The van der Waals surface area contributed by atoms with E-state index in [1.165, 1.54) is 5.57 Å². The highest BCUT2D eigenvalue weighted by atomic mass is 16.3. The first kappa shape index (κ1) is 15.9. The Kier molecular flexibility index (Phi) is 6.79. The van der Waals surface area contributed by atoms with Gasteiger partial charge in [0.2, 0.25) is 0 Å². The average Bonchev–Trinajstić information content (AvgIpc) is 2.46. The van der Waals surface area contributed by atoms with E-state index in [4.69, 9.17) is 0 Å². The number of allylic oxidation sites excluding steroid dienone is 4. The van der Waals surface area contributed by atoms with Crippen molar-refractivity contribution in [1.29, 1.82) is 0 Å². The second-order valence-corrected chi connectivity index (χ2v) is 5.45. The Morgan fingerprint density at radius 2 is 2.26 bits per heavy atom. The molecule has 106 valence electrons. The van der Waals surface area contributed by atoms with Crippen molar-refractivity contribution in [2.75, 3.05) is 6.61 Å². The summed E-state index contributed by atoms with van der Waals surface area (Å²) in [4.78, 5) is 12.2. The fraction of sp³-hybridized carbons (Fsp3) is 0.588. The molecule has 0 aliphatic heterocycles. The molecule has 19 heavy (non-hydrogen) atoms. The van der Waals surface area contributed by atoms with Crippen molar-refractivity contribution in [2.24, 2.45) is 11.8 Å². The Balaban J connectivity index is 2.94. The maximum absolute atomic E-state index is 12.2. The van der Waals surface area contributed by atoms with Crippen molar-refractivity contribution in [3.63, 3.8) is 0 Å². The van der Waals surface area contributed by atoms with Gasteiger partial charge in [-0.3, -0.25) is 4.79 Å². The second-order valence-electron chi connectivity index (χ2n) is 5.45. The number of Topliss-reactive ketones (excluding diaryl/α,β-unsaturated/α-hetero) is 1. The van der Waals surface area contributed by atoms with Crippen LogP contribution < -0.4 is 0 Å². The standard InChI is InChI=1S/C17H26O2/c1-4-5-8-15(12-18)16-11-10-13(2)7-6-9-17(19)14(16)3/h4,7-8,14,16,18H,1,5-6,9-12H2,2-3H3/b13-7+,15-8-/t14?,16-/m0/s1. The maximum atomic E-state index is 12.2. The lowest BCUT2D eigenvalue weighted by Crippen LogP contribution is -2.24. The zero-order valence-corrected chi connectivity index (χ0v) is 12.2. The van der Waals surface area contributed by atoms with E-state index in [1.54, 1.807) is 0 Å². The van der Waals surface area contributed by atoms with Crippen LogP contribution in [0.3, 0.4) is 0 Å². The van der Waals surface area contributed by atoms with Crippen molar-refractivity contribution >= 4 is 5.78 Å². The summed E-state index contributed by atoms with van der Waals surface area (Å²) >= 11 is 0. The van der Waals surface area contributed by atoms with Crippen molar-refractivity contribution in [1.82, 2.24) is 0 Å². The number of rotatable bonds is 4. The number of aliphatic hydroxyl groups excluding tert-OH is 1. The van der Waals surface area contributed by atoms with Crippen molar-refractivity contribution in [2.45, 2.75) is 46.0 Å². The van der Waals surface area contributed by atoms with E-state index in [0.717, 1.165) is 31.3 Å². The van der Waals surface area contributed by atoms with Crippen LogP contribution in [0.15, 0.2) is 36.0 Å². The monoisotopic (exact) mass is 262 g/mol. The Morgan fingerprint density at radius 3 is 2.89 bits per heavy atom. The summed E-state index contributed by atoms with van der Waals surface area (Å²) in [7, 11) is 0. The molecule has 0 radical (unpaired) electrons. The molecule has 2 nitrogen and oxygen atoms in total. The summed E-state index contributed by atoms with van der Waals surface area (Å²) in [5.41, 5.74) is 2.35. The van der Waals surface area contributed by atoms with E-state index in [1.807, 2.05) is 19.1 Å². The summed E-state index contributed by atoms with van der Waals surface area (Å²) in [5.74, 6) is 0.482. The molecule has 0 fully saturated rings. The normalized spacial score (nSPS) is 28.9. The zero-order valence-electron chi connectivity index (χ0n) is 12.2. The van der Waals surface area contributed by atoms with Crippen LogP contribution in [0.25, 0.3) is 0 Å². The lowest BCUT2D eigenvalue weighted by Gasteiger charge is -2.24. The minimum atomic E-state index is 0.00233. The molecule has 1 aliphatic rings. The Labute approximate surface area is 116 Å².